The molecule has 0 fully saturated rings. The Labute approximate surface area is 165 Å². The van der Waals surface area contributed by atoms with Crippen molar-refractivity contribution in [3.63, 3.8) is 0 Å². The molecule has 0 aromatic heterocycles. The van der Waals surface area contributed by atoms with Gasteiger partial charge < -0.3 is 14.6 Å². The van der Waals surface area contributed by atoms with Crippen LogP contribution in [0.1, 0.15) is 31.4 Å². The lowest BCUT2D eigenvalue weighted by Gasteiger charge is -2.26. The zero-order valence-electron chi connectivity index (χ0n) is 15.3. The van der Waals surface area contributed by atoms with Crippen LogP contribution in [-0.4, -0.2) is 36.2 Å². The van der Waals surface area contributed by atoms with Crippen molar-refractivity contribution in [2.45, 2.75) is 31.8 Å². The molecule has 5 heteroatoms. The monoisotopic (exact) mass is 396 g/mol. The lowest BCUT2D eigenvalue weighted by molar-refractivity contribution is 0.125. The van der Waals surface area contributed by atoms with Crippen LogP contribution in [-0.2, 0) is 5.41 Å². The SMILES string of the molecule is CC(C)(c1ccc(OCCCCl)cc1)c1ccc(OCC(O)CCl)cc1. The molecule has 0 heterocycles. The van der Waals surface area contributed by atoms with Crippen molar-refractivity contribution in [3.05, 3.63) is 59.7 Å². The van der Waals surface area contributed by atoms with E-state index in [1.807, 2.05) is 36.4 Å². The molecule has 26 heavy (non-hydrogen) atoms. The summed E-state index contributed by atoms with van der Waals surface area (Å²) in [4.78, 5) is 0. The van der Waals surface area contributed by atoms with Gasteiger partial charge in [0.1, 0.15) is 24.2 Å². The maximum absolute atomic E-state index is 9.47. The molecule has 0 aliphatic carbocycles. The molecular weight excluding hydrogens is 371 g/mol. The summed E-state index contributed by atoms with van der Waals surface area (Å²) in [6.45, 7) is 5.19. The van der Waals surface area contributed by atoms with Crippen molar-refractivity contribution < 1.29 is 14.6 Å². The van der Waals surface area contributed by atoms with E-state index in [1.54, 1.807) is 0 Å². The molecule has 1 atom stereocenters. The molecule has 1 unspecified atom stereocenters. The molecule has 0 bridgehead atoms. The fraction of sp³-hybridized carbons (Fsp3) is 0.429. The summed E-state index contributed by atoms with van der Waals surface area (Å²) >= 11 is 11.2. The molecule has 0 aliphatic rings. The molecular formula is C21H26Cl2O3. The van der Waals surface area contributed by atoms with Gasteiger partial charge in [-0.3, -0.25) is 0 Å². The van der Waals surface area contributed by atoms with E-state index in [4.69, 9.17) is 32.7 Å². The molecule has 0 radical (unpaired) electrons. The van der Waals surface area contributed by atoms with Crippen molar-refractivity contribution in [3.8, 4) is 11.5 Å². The lowest BCUT2D eigenvalue weighted by atomic mass is 9.78. The number of ether oxygens (including phenoxy) is 2. The van der Waals surface area contributed by atoms with E-state index in [0.29, 0.717) is 12.5 Å². The number of hydrogen-bond donors (Lipinski definition) is 1. The van der Waals surface area contributed by atoms with E-state index < -0.39 is 6.10 Å². The summed E-state index contributed by atoms with van der Waals surface area (Å²) in [6, 6.07) is 16.1. The topological polar surface area (TPSA) is 38.7 Å². The first-order chi connectivity index (χ1) is 12.5. The molecule has 3 nitrogen and oxygen atoms in total. The van der Waals surface area contributed by atoms with Gasteiger partial charge in [0.05, 0.1) is 12.5 Å². The van der Waals surface area contributed by atoms with Crippen molar-refractivity contribution in [2.75, 3.05) is 25.0 Å². The van der Waals surface area contributed by atoms with E-state index in [-0.39, 0.29) is 17.9 Å². The summed E-state index contributed by atoms with van der Waals surface area (Å²) in [5.74, 6) is 2.35. The van der Waals surface area contributed by atoms with Gasteiger partial charge in [0, 0.05) is 11.3 Å². The van der Waals surface area contributed by atoms with Crippen LogP contribution < -0.4 is 9.47 Å². The van der Waals surface area contributed by atoms with Crippen LogP contribution in [0.4, 0.5) is 0 Å². The average Bonchev–Trinajstić information content (AvgIpc) is 2.67. The Kier molecular flexibility index (Phi) is 8.08. The highest BCUT2D eigenvalue weighted by molar-refractivity contribution is 6.18. The molecule has 2 aromatic rings. The highest BCUT2D eigenvalue weighted by Gasteiger charge is 2.23. The molecule has 0 saturated carbocycles. The second-order valence-electron chi connectivity index (χ2n) is 6.68. The minimum Gasteiger partial charge on any atom is -0.494 e. The summed E-state index contributed by atoms with van der Waals surface area (Å²) < 4.78 is 11.2. The fourth-order valence-corrected chi connectivity index (χ4v) is 2.78. The normalized spacial score (nSPS) is 12.7. The highest BCUT2D eigenvalue weighted by atomic mass is 35.5. The Balaban J connectivity index is 2.04. The van der Waals surface area contributed by atoms with Gasteiger partial charge in [-0.05, 0) is 41.8 Å². The second kappa shape index (κ2) is 10.1. The lowest BCUT2D eigenvalue weighted by Crippen LogP contribution is -2.20. The zero-order valence-corrected chi connectivity index (χ0v) is 16.8. The van der Waals surface area contributed by atoms with Gasteiger partial charge >= 0.3 is 0 Å². The van der Waals surface area contributed by atoms with Crippen LogP contribution in [0.15, 0.2) is 48.5 Å². The van der Waals surface area contributed by atoms with Gasteiger partial charge in [-0.1, -0.05) is 38.1 Å². The van der Waals surface area contributed by atoms with Gasteiger partial charge in [0.25, 0.3) is 0 Å². The standard InChI is InChI=1S/C21H26Cl2O3/c1-21(2,16-4-8-19(9-5-16)25-13-3-12-22)17-6-10-20(11-7-17)26-15-18(24)14-23/h4-11,18,24H,3,12-15H2,1-2H3. The zero-order chi connectivity index (χ0) is 19.0. The van der Waals surface area contributed by atoms with Crippen LogP contribution in [0.2, 0.25) is 0 Å². The predicted molar refractivity (Wildman–Crippen MR) is 108 cm³/mol. The molecule has 2 aromatic carbocycles. The average molecular weight is 397 g/mol. The molecule has 0 saturated heterocycles. The minimum atomic E-state index is -0.655. The first-order valence-corrected chi connectivity index (χ1v) is 9.81. The predicted octanol–water partition coefficient (Wildman–Crippen LogP) is 5.00. The van der Waals surface area contributed by atoms with Crippen LogP contribution in [0.5, 0.6) is 11.5 Å². The Morgan fingerprint density at radius 3 is 1.85 bits per heavy atom. The molecule has 142 valence electrons. The number of aliphatic hydroxyl groups is 1. The first-order valence-electron chi connectivity index (χ1n) is 8.74. The summed E-state index contributed by atoms with van der Waals surface area (Å²) in [5, 5.41) is 9.47. The van der Waals surface area contributed by atoms with E-state index >= 15 is 0 Å². The Morgan fingerprint density at radius 2 is 1.38 bits per heavy atom. The summed E-state index contributed by atoms with van der Waals surface area (Å²) in [7, 11) is 0. The van der Waals surface area contributed by atoms with Crippen LogP contribution in [0, 0.1) is 0 Å². The fourth-order valence-electron chi connectivity index (χ4n) is 2.58. The van der Waals surface area contributed by atoms with Crippen LogP contribution >= 0.6 is 23.2 Å². The van der Waals surface area contributed by atoms with E-state index in [2.05, 4.69) is 26.0 Å². The van der Waals surface area contributed by atoms with Crippen molar-refractivity contribution in [1.29, 1.82) is 0 Å². The maximum Gasteiger partial charge on any atom is 0.119 e. The number of alkyl halides is 2. The smallest absolute Gasteiger partial charge is 0.119 e. The van der Waals surface area contributed by atoms with Crippen molar-refractivity contribution in [1.82, 2.24) is 0 Å². The third-order valence-corrected chi connectivity index (χ3v) is 4.94. The molecule has 1 N–H and O–H groups in total. The Bertz CT molecular complexity index is 654. The largest absolute Gasteiger partial charge is 0.494 e. The van der Waals surface area contributed by atoms with Crippen LogP contribution in [0.3, 0.4) is 0 Å². The third-order valence-electron chi connectivity index (χ3n) is 4.32. The second-order valence-corrected chi connectivity index (χ2v) is 7.37. The molecule has 0 amide bonds. The number of halogens is 2. The quantitative estimate of drug-likeness (QED) is 0.453. The minimum absolute atomic E-state index is 0.150. The Morgan fingerprint density at radius 1 is 0.885 bits per heavy atom. The Hall–Kier alpha value is -1.42. The van der Waals surface area contributed by atoms with Gasteiger partial charge in [-0.15, -0.1) is 23.2 Å². The summed E-state index contributed by atoms with van der Waals surface area (Å²) in [6.07, 6.45) is 0.184. The number of benzene rings is 2. The van der Waals surface area contributed by atoms with Gasteiger partial charge in [0.2, 0.25) is 0 Å². The van der Waals surface area contributed by atoms with Gasteiger partial charge in [-0.25, -0.2) is 0 Å². The highest BCUT2D eigenvalue weighted by Crippen LogP contribution is 2.33. The molecule has 0 aliphatic heterocycles. The number of hydrogen-bond acceptors (Lipinski definition) is 3. The molecule has 0 spiro atoms. The third kappa shape index (κ3) is 5.80. The van der Waals surface area contributed by atoms with Crippen molar-refractivity contribution in [2.24, 2.45) is 0 Å². The van der Waals surface area contributed by atoms with E-state index in [9.17, 15) is 5.11 Å². The summed E-state index contributed by atoms with van der Waals surface area (Å²) in [5.41, 5.74) is 2.23. The van der Waals surface area contributed by atoms with Crippen molar-refractivity contribution >= 4 is 23.2 Å². The molecule has 2 rings (SSSR count). The first kappa shape index (κ1) is 20.9. The van der Waals surface area contributed by atoms with Gasteiger partial charge in [-0.2, -0.15) is 0 Å². The van der Waals surface area contributed by atoms with Gasteiger partial charge in [0.15, 0.2) is 0 Å². The maximum atomic E-state index is 9.47. The van der Waals surface area contributed by atoms with Crippen LogP contribution in [0.25, 0.3) is 0 Å². The number of rotatable bonds is 10. The number of aliphatic hydroxyl groups excluding tert-OH is 1. The van der Waals surface area contributed by atoms with E-state index in [0.717, 1.165) is 17.9 Å². The van der Waals surface area contributed by atoms with E-state index in [1.165, 1.54) is 11.1 Å².